The van der Waals surface area contributed by atoms with Crippen molar-refractivity contribution in [2.75, 3.05) is 6.54 Å². The van der Waals surface area contributed by atoms with Crippen LogP contribution in [0.1, 0.15) is 24.3 Å². The number of carboxylic acids is 1. The molecule has 1 amide bonds. The zero-order valence-electron chi connectivity index (χ0n) is 12.2. The monoisotopic (exact) mass is 303 g/mol. The van der Waals surface area contributed by atoms with Crippen LogP contribution in [0.2, 0.25) is 0 Å². The molecule has 0 unspecified atom stereocenters. The molecule has 2 N–H and O–H groups in total. The zero-order chi connectivity index (χ0) is 15.9. The molecule has 1 aromatic carbocycles. The third-order valence-corrected chi connectivity index (χ3v) is 3.01. The molecule has 1 heterocycles. The number of aromatic nitrogens is 2. The average molecular weight is 303 g/mol. The number of aliphatic carboxylic acids is 1. The highest BCUT2D eigenvalue weighted by molar-refractivity contribution is 5.80. The first-order valence-corrected chi connectivity index (χ1v) is 6.92. The second kappa shape index (κ2) is 7.35. The van der Waals surface area contributed by atoms with Gasteiger partial charge in [0.25, 0.3) is 0 Å². The van der Waals surface area contributed by atoms with E-state index in [-0.39, 0.29) is 18.9 Å². The van der Waals surface area contributed by atoms with E-state index in [0.717, 1.165) is 11.1 Å². The van der Waals surface area contributed by atoms with Crippen LogP contribution in [-0.4, -0.2) is 33.7 Å². The molecule has 0 spiro atoms. The summed E-state index contributed by atoms with van der Waals surface area (Å²) in [6.45, 7) is 1.64. The van der Waals surface area contributed by atoms with E-state index in [1.54, 1.807) is 0 Å². The minimum Gasteiger partial charge on any atom is -0.480 e. The number of aryl methyl sites for hydroxylation is 2. The molecule has 2 rings (SSSR count). The van der Waals surface area contributed by atoms with Crippen LogP contribution in [0.4, 0.5) is 0 Å². The molecule has 0 radical (unpaired) electrons. The number of hydrogen-bond donors (Lipinski definition) is 2. The van der Waals surface area contributed by atoms with Gasteiger partial charge in [0.1, 0.15) is 6.54 Å². The number of carbonyl (C=O) groups is 2. The van der Waals surface area contributed by atoms with Gasteiger partial charge in [-0.25, -0.2) is 0 Å². The van der Waals surface area contributed by atoms with Gasteiger partial charge in [0.05, 0.1) is 0 Å². The van der Waals surface area contributed by atoms with Gasteiger partial charge in [-0.3, -0.25) is 9.59 Å². The Morgan fingerprint density at radius 1 is 1.27 bits per heavy atom. The van der Waals surface area contributed by atoms with Gasteiger partial charge in [0.2, 0.25) is 17.6 Å². The Hall–Kier alpha value is -2.70. The standard InChI is InChI=1S/C15H17N3O4/c1-10-5-7-11(8-6-10)15-17-13(22-18-15)4-2-3-12(19)16-9-14(20)21/h5-8H,2-4,9H2,1H3,(H,16,19)(H,20,21). The summed E-state index contributed by atoms with van der Waals surface area (Å²) in [5.74, 6) is -0.388. The number of rotatable bonds is 7. The third-order valence-electron chi connectivity index (χ3n) is 3.01. The maximum atomic E-state index is 11.4. The number of amides is 1. The smallest absolute Gasteiger partial charge is 0.322 e. The number of nitrogens with one attached hydrogen (secondary N) is 1. The van der Waals surface area contributed by atoms with Crippen molar-refractivity contribution in [1.29, 1.82) is 0 Å². The quantitative estimate of drug-likeness (QED) is 0.804. The molecular formula is C15H17N3O4. The van der Waals surface area contributed by atoms with Crippen LogP contribution in [0, 0.1) is 6.92 Å². The van der Waals surface area contributed by atoms with Crippen molar-refractivity contribution in [1.82, 2.24) is 15.5 Å². The normalized spacial score (nSPS) is 10.4. The van der Waals surface area contributed by atoms with Gasteiger partial charge < -0.3 is 14.9 Å². The SMILES string of the molecule is Cc1ccc(-c2noc(CCCC(=O)NCC(=O)O)n2)cc1. The van der Waals surface area contributed by atoms with Crippen LogP contribution in [0.5, 0.6) is 0 Å². The van der Waals surface area contributed by atoms with Crippen molar-refractivity contribution in [2.45, 2.75) is 26.2 Å². The Morgan fingerprint density at radius 2 is 2.00 bits per heavy atom. The van der Waals surface area contributed by atoms with Gasteiger partial charge in [0.15, 0.2) is 0 Å². The van der Waals surface area contributed by atoms with E-state index < -0.39 is 5.97 Å². The molecule has 0 saturated heterocycles. The fourth-order valence-electron chi connectivity index (χ4n) is 1.84. The molecular weight excluding hydrogens is 286 g/mol. The molecule has 0 saturated carbocycles. The lowest BCUT2D eigenvalue weighted by Gasteiger charge is -2.00. The first-order chi connectivity index (χ1) is 10.5. The molecule has 0 aliphatic heterocycles. The van der Waals surface area contributed by atoms with E-state index in [1.165, 1.54) is 0 Å². The first-order valence-electron chi connectivity index (χ1n) is 6.92. The lowest BCUT2D eigenvalue weighted by atomic mass is 10.1. The molecule has 0 fully saturated rings. The predicted molar refractivity (Wildman–Crippen MR) is 78.1 cm³/mol. The Bertz CT molecular complexity index is 649. The van der Waals surface area contributed by atoms with E-state index in [1.807, 2.05) is 31.2 Å². The fraction of sp³-hybridized carbons (Fsp3) is 0.333. The lowest BCUT2D eigenvalue weighted by molar-refractivity contribution is -0.137. The average Bonchev–Trinajstić information content (AvgIpc) is 2.95. The number of nitrogens with zero attached hydrogens (tertiary/aromatic N) is 2. The largest absolute Gasteiger partial charge is 0.480 e. The molecule has 0 bridgehead atoms. The van der Waals surface area contributed by atoms with E-state index in [2.05, 4.69) is 15.5 Å². The highest BCUT2D eigenvalue weighted by Gasteiger charge is 2.10. The van der Waals surface area contributed by atoms with Gasteiger partial charge in [-0.05, 0) is 13.3 Å². The van der Waals surface area contributed by atoms with E-state index in [0.29, 0.717) is 24.6 Å². The van der Waals surface area contributed by atoms with Crippen molar-refractivity contribution < 1.29 is 19.2 Å². The number of carbonyl (C=O) groups excluding carboxylic acids is 1. The molecule has 22 heavy (non-hydrogen) atoms. The third kappa shape index (κ3) is 4.69. The van der Waals surface area contributed by atoms with E-state index in [4.69, 9.17) is 9.63 Å². The molecule has 0 atom stereocenters. The zero-order valence-corrected chi connectivity index (χ0v) is 12.2. The van der Waals surface area contributed by atoms with Crippen LogP contribution >= 0.6 is 0 Å². The summed E-state index contributed by atoms with van der Waals surface area (Å²) in [5, 5.41) is 14.7. The van der Waals surface area contributed by atoms with Gasteiger partial charge in [-0.15, -0.1) is 0 Å². The Balaban J connectivity index is 1.81. The molecule has 1 aromatic heterocycles. The second-order valence-electron chi connectivity index (χ2n) is 4.90. The van der Waals surface area contributed by atoms with Crippen molar-refractivity contribution >= 4 is 11.9 Å². The first kappa shape index (κ1) is 15.7. The number of benzene rings is 1. The number of hydrogen-bond acceptors (Lipinski definition) is 5. The summed E-state index contributed by atoms with van der Waals surface area (Å²) >= 11 is 0. The summed E-state index contributed by atoms with van der Waals surface area (Å²) < 4.78 is 5.14. The van der Waals surface area contributed by atoms with Gasteiger partial charge in [-0.1, -0.05) is 35.0 Å². The molecule has 116 valence electrons. The van der Waals surface area contributed by atoms with Crippen molar-refractivity contribution in [2.24, 2.45) is 0 Å². The van der Waals surface area contributed by atoms with Gasteiger partial charge in [0, 0.05) is 18.4 Å². The van der Waals surface area contributed by atoms with Crippen LogP contribution in [0.15, 0.2) is 28.8 Å². The van der Waals surface area contributed by atoms with Crippen molar-refractivity contribution in [3.63, 3.8) is 0 Å². The van der Waals surface area contributed by atoms with Gasteiger partial charge in [-0.2, -0.15) is 4.98 Å². The highest BCUT2D eigenvalue weighted by atomic mass is 16.5. The van der Waals surface area contributed by atoms with Crippen molar-refractivity contribution in [3.05, 3.63) is 35.7 Å². The maximum absolute atomic E-state index is 11.4. The second-order valence-corrected chi connectivity index (χ2v) is 4.90. The number of carboxylic acid groups (broad SMARTS) is 1. The Morgan fingerprint density at radius 3 is 2.68 bits per heavy atom. The summed E-state index contributed by atoms with van der Waals surface area (Å²) in [4.78, 5) is 25.9. The van der Waals surface area contributed by atoms with E-state index >= 15 is 0 Å². The molecule has 7 nitrogen and oxygen atoms in total. The summed E-state index contributed by atoms with van der Waals surface area (Å²) in [5.41, 5.74) is 2.03. The maximum Gasteiger partial charge on any atom is 0.322 e. The molecule has 2 aromatic rings. The minimum atomic E-state index is -1.06. The summed E-state index contributed by atoms with van der Waals surface area (Å²) in [6.07, 6.45) is 1.20. The van der Waals surface area contributed by atoms with Crippen LogP contribution in [0.25, 0.3) is 11.4 Å². The molecule has 7 heteroatoms. The molecule has 0 aliphatic rings. The Kier molecular flexibility index (Phi) is 5.24. The van der Waals surface area contributed by atoms with Crippen LogP contribution in [-0.2, 0) is 16.0 Å². The lowest BCUT2D eigenvalue weighted by Crippen LogP contribution is -2.28. The van der Waals surface area contributed by atoms with E-state index in [9.17, 15) is 9.59 Å². The minimum absolute atomic E-state index is 0.218. The van der Waals surface area contributed by atoms with Crippen LogP contribution in [0.3, 0.4) is 0 Å². The van der Waals surface area contributed by atoms with Crippen molar-refractivity contribution in [3.8, 4) is 11.4 Å². The van der Waals surface area contributed by atoms with Gasteiger partial charge >= 0.3 is 5.97 Å². The highest BCUT2D eigenvalue weighted by Crippen LogP contribution is 2.16. The Labute approximate surface area is 127 Å². The topological polar surface area (TPSA) is 105 Å². The summed E-state index contributed by atoms with van der Waals surface area (Å²) in [7, 11) is 0. The summed E-state index contributed by atoms with van der Waals surface area (Å²) in [6, 6.07) is 7.78. The fourth-order valence-corrected chi connectivity index (χ4v) is 1.84. The predicted octanol–water partition coefficient (Wildman–Crippen LogP) is 1.57. The van der Waals surface area contributed by atoms with Crippen LogP contribution < -0.4 is 5.32 Å². The molecule has 0 aliphatic carbocycles.